The first-order valence-electron chi connectivity index (χ1n) is 8.63. The van der Waals surface area contributed by atoms with E-state index in [1.165, 1.54) is 0 Å². The van der Waals surface area contributed by atoms with Gasteiger partial charge in [-0.15, -0.1) is 0 Å². The van der Waals surface area contributed by atoms with Gasteiger partial charge in [-0.2, -0.15) is 0 Å². The largest absolute Gasteiger partial charge is 0.454 e. The van der Waals surface area contributed by atoms with Gasteiger partial charge < -0.3 is 9.47 Å². The minimum Gasteiger partial charge on any atom is -0.454 e. The highest BCUT2D eigenvalue weighted by Gasteiger charge is 2.65. The predicted molar refractivity (Wildman–Crippen MR) is 91.8 cm³/mol. The molecule has 1 N–H and O–H groups in total. The van der Waals surface area contributed by atoms with Crippen LogP contribution in [-0.4, -0.2) is 26.7 Å². The van der Waals surface area contributed by atoms with Crippen LogP contribution in [0.1, 0.15) is 38.7 Å². The van der Waals surface area contributed by atoms with E-state index in [0.29, 0.717) is 30.3 Å². The third-order valence-corrected chi connectivity index (χ3v) is 7.97. The molecule has 25 heavy (non-hydrogen) atoms. The highest BCUT2D eigenvalue weighted by molar-refractivity contribution is 7.89. The Morgan fingerprint density at radius 3 is 2.68 bits per heavy atom. The molecular formula is C18H23NO5S. The zero-order valence-electron chi connectivity index (χ0n) is 14.5. The van der Waals surface area contributed by atoms with Crippen LogP contribution in [0.25, 0.3) is 0 Å². The third-order valence-electron chi connectivity index (χ3n) is 6.51. The van der Waals surface area contributed by atoms with E-state index in [-0.39, 0.29) is 30.3 Å². The molecule has 2 atom stereocenters. The molecule has 0 unspecified atom stereocenters. The molecule has 0 aromatic heterocycles. The van der Waals surface area contributed by atoms with Crippen molar-refractivity contribution in [3.05, 3.63) is 23.8 Å². The fraction of sp³-hybridized carbons (Fsp3) is 0.611. The Hall–Kier alpha value is -1.60. The van der Waals surface area contributed by atoms with Crippen molar-refractivity contribution in [1.82, 2.24) is 4.72 Å². The van der Waals surface area contributed by atoms with Crippen molar-refractivity contribution in [2.75, 3.05) is 12.5 Å². The zero-order chi connectivity index (χ0) is 17.9. The zero-order valence-corrected chi connectivity index (χ0v) is 15.3. The average Bonchev–Trinajstić information content (AvgIpc) is 3.15. The molecule has 1 aromatic carbocycles. The summed E-state index contributed by atoms with van der Waals surface area (Å²) < 4.78 is 38.6. The summed E-state index contributed by atoms with van der Waals surface area (Å²) in [4.78, 5) is 12.5. The van der Waals surface area contributed by atoms with Gasteiger partial charge in [0.2, 0.25) is 16.8 Å². The molecule has 0 radical (unpaired) electrons. The van der Waals surface area contributed by atoms with Crippen LogP contribution in [0.3, 0.4) is 0 Å². The van der Waals surface area contributed by atoms with E-state index >= 15 is 0 Å². The van der Waals surface area contributed by atoms with Crippen molar-refractivity contribution in [2.45, 2.75) is 39.7 Å². The number of ether oxygens (including phenoxy) is 2. The van der Waals surface area contributed by atoms with E-state index in [2.05, 4.69) is 4.72 Å². The van der Waals surface area contributed by atoms with Crippen molar-refractivity contribution in [3.63, 3.8) is 0 Å². The highest BCUT2D eigenvalue weighted by atomic mass is 32.2. The highest BCUT2D eigenvalue weighted by Crippen LogP contribution is 2.64. The summed E-state index contributed by atoms with van der Waals surface area (Å²) in [6, 6.07) is 5.36. The van der Waals surface area contributed by atoms with Crippen molar-refractivity contribution in [3.8, 4) is 11.5 Å². The second-order valence-corrected chi connectivity index (χ2v) is 9.74. The number of fused-ring (bicyclic) bond motifs is 3. The van der Waals surface area contributed by atoms with E-state index in [0.717, 1.165) is 12.0 Å². The normalized spacial score (nSPS) is 29.4. The van der Waals surface area contributed by atoms with Crippen LogP contribution in [0.5, 0.6) is 11.5 Å². The summed E-state index contributed by atoms with van der Waals surface area (Å²) in [5.41, 5.74) is -0.192. The Morgan fingerprint density at radius 1 is 1.24 bits per heavy atom. The molecular weight excluding hydrogens is 342 g/mol. The molecule has 136 valence electrons. The minimum atomic E-state index is -3.57. The number of carbonyl (C=O) groups excluding carboxylic acids is 1. The lowest BCUT2D eigenvalue weighted by molar-refractivity contribution is -0.128. The number of rotatable bonds is 5. The van der Waals surface area contributed by atoms with Gasteiger partial charge in [0.25, 0.3) is 0 Å². The molecule has 2 bridgehead atoms. The van der Waals surface area contributed by atoms with Gasteiger partial charge in [0.15, 0.2) is 11.5 Å². The average molecular weight is 365 g/mol. The van der Waals surface area contributed by atoms with E-state index < -0.39 is 15.4 Å². The number of benzene rings is 1. The Kier molecular flexibility index (Phi) is 3.67. The Labute approximate surface area is 147 Å². The Bertz CT molecular complexity index is 832. The van der Waals surface area contributed by atoms with E-state index in [1.807, 2.05) is 19.9 Å². The fourth-order valence-electron chi connectivity index (χ4n) is 4.73. The quantitative estimate of drug-likeness (QED) is 0.865. The Balaban J connectivity index is 1.48. The van der Waals surface area contributed by atoms with Crippen LogP contribution in [0.15, 0.2) is 18.2 Å². The van der Waals surface area contributed by atoms with Crippen LogP contribution in [0, 0.1) is 16.7 Å². The maximum absolute atomic E-state index is 12.7. The summed E-state index contributed by atoms with van der Waals surface area (Å²) in [5.74, 6) is 1.60. The lowest BCUT2D eigenvalue weighted by Crippen LogP contribution is -2.45. The van der Waals surface area contributed by atoms with Gasteiger partial charge in [-0.1, -0.05) is 19.9 Å². The lowest BCUT2D eigenvalue weighted by atomic mass is 9.70. The fourth-order valence-corrected chi connectivity index (χ4v) is 6.54. The molecule has 1 aromatic rings. The second kappa shape index (κ2) is 5.45. The van der Waals surface area contributed by atoms with E-state index in [9.17, 15) is 13.2 Å². The molecule has 1 heterocycles. The number of carbonyl (C=O) groups is 1. The first kappa shape index (κ1) is 16.8. The number of hydrogen-bond acceptors (Lipinski definition) is 5. The molecule has 3 aliphatic rings. The van der Waals surface area contributed by atoms with Crippen LogP contribution >= 0.6 is 0 Å². The molecule has 6 nitrogen and oxygen atoms in total. The van der Waals surface area contributed by atoms with Crippen molar-refractivity contribution >= 4 is 15.8 Å². The van der Waals surface area contributed by atoms with Crippen molar-refractivity contribution in [1.29, 1.82) is 0 Å². The summed E-state index contributed by atoms with van der Waals surface area (Å²) in [7, 11) is -3.57. The van der Waals surface area contributed by atoms with E-state index in [1.54, 1.807) is 12.1 Å². The topological polar surface area (TPSA) is 81.7 Å². The van der Waals surface area contributed by atoms with Gasteiger partial charge in [0.05, 0.1) is 5.75 Å². The van der Waals surface area contributed by atoms with Gasteiger partial charge in [-0.3, -0.25) is 4.79 Å². The lowest BCUT2D eigenvalue weighted by Gasteiger charge is -2.36. The van der Waals surface area contributed by atoms with Gasteiger partial charge in [0.1, 0.15) is 5.78 Å². The third kappa shape index (κ3) is 2.56. The van der Waals surface area contributed by atoms with Crippen LogP contribution < -0.4 is 14.2 Å². The molecule has 2 aliphatic carbocycles. The molecule has 0 spiro atoms. The van der Waals surface area contributed by atoms with Crippen LogP contribution in [-0.2, 0) is 21.4 Å². The van der Waals surface area contributed by atoms with Crippen molar-refractivity contribution in [2.24, 2.45) is 16.7 Å². The summed E-state index contributed by atoms with van der Waals surface area (Å²) in [5, 5.41) is 0. The number of nitrogens with one attached hydrogen (secondary N) is 1. The summed E-state index contributed by atoms with van der Waals surface area (Å²) in [6.07, 6.45) is 2.13. The summed E-state index contributed by atoms with van der Waals surface area (Å²) >= 11 is 0. The first-order valence-corrected chi connectivity index (χ1v) is 10.3. The predicted octanol–water partition coefficient (Wildman–Crippen LogP) is 2.23. The number of ketones is 1. The standard InChI is InChI=1S/C18H23NO5S/c1-17(2)13-5-6-18(17,16(20)8-13)10-25(21,22)19-9-12-3-4-14-15(7-12)24-11-23-14/h3-4,7,13,19H,5-6,8-11H2,1-2H3/t13-,18-/m1/s1. The smallest absolute Gasteiger partial charge is 0.231 e. The van der Waals surface area contributed by atoms with Gasteiger partial charge in [0, 0.05) is 18.4 Å². The van der Waals surface area contributed by atoms with Gasteiger partial charge >= 0.3 is 0 Å². The number of Topliss-reactive ketones (excluding diaryl/α,β-unsaturated/α-hetero) is 1. The number of sulfonamides is 1. The minimum absolute atomic E-state index is 0.113. The number of hydrogen-bond donors (Lipinski definition) is 1. The second-order valence-electron chi connectivity index (χ2n) is 7.93. The molecule has 0 amide bonds. The SMILES string of the molecule is CC1(C)[C@@H]2CC[C@@]1(CS(=O)(=O)NCc1ccc3c(c1)OCO3)C(=O)C2. The van der Waals surface area contributed by atoms with E-state index in [4.69, 9.17) is 9.47 Å². The van der Waals surface area contributed by atoms with Gasteiger partial charge in [-0.05, 0) is 41.9 Å². The molecule has 2 fully saturated rings. The van der Waals surface area contributed by atoms with Crippen molar-refractivity contribution < 1.29 is 22.7 Å². The molecule has 1 aliphatic heterocycles. The maximum atomic E-state index is 12.7. The Morgan fingerprint density at radius 2 is 2.00 bits per heavy atom. The van der Waals surface area contributed by atoms with Crippen LogP contribution in [0.2, 0.25) is 0 Å². The molecule has 7 heteroatoms. The first-order chi connectivity index (χ1) is 11.7. The maximum Gasteiger partial charge on any atom is 0.231 e. The summed E-state index contributed by atoms with van der Waals surface area (Å²) in [6.45, 7) is 4.45. The monoisotopic (exact) mass is 365 g/mol. The molecule has 4 rings (SSSR count). The van der Waals surface area contributed by atoms with Crippen LogP contribution in [0.4, 0.5) is 0 Å². The molecule has 0 saturated heterocycles. The molecule has 2 saturated carbocycles. The van der Waals surface area contributed by atoms with Gasteiger partial charge in [-0.25, -0.2) is 13.1 Å².